The maximum Gasteiger partial charge on any atom is 0.276 e. The molecule has 0 spiro atoms. The van der Waals surface area contributed by atoms with Gasteiger partial charge in [0.25, 0.3) is 11.1 Å². The van der Waals surface area contributed by atoms with Crippen LogP contribution in [0.25, 0.3) is 11.4 Å². The van der Waals surface area contributed by atoms with Crippen LogP contribution in [0.3, 0.4) is 0 Å². The zero-order valence-corrected chi connectivity index (χ0v) is 18.8. The number of thioether (sulfide) groups is 2. The van der Waals surface area contributed by atoms with Crippen LogP contribution in [-0.4, -0.2) is 36.5 Å². The molecule has 4 aromatic rings. The Labute approximate surface area is 188 Å². The fourth-order valence-corrected chi connectivity index (χ4v) is 5.47. The standard InChI is InChI=1S/C22H21N5O2S2/c1-14-8-9-15(2)18(10-14)28-11-19-23-26-22(29-19)31-13-17-12-30-21-25-24-20(27(17)21)16-6-4-3-5-7-16/h3-10,17H,11-13H2,1-2H3. The number of rotatable bonds is 7. The lowest BCUT2D eigenvalue weighted by atomic mass is 10.1. The van der Waals surface area contributed by atoms with Crippen LogP contribution < -0.4 is 4.74 Å². The fraction of sp³-hybridized carbons (Fsp3) is 0.273. The molecule has 0 aliphatic carbocycles. The van der Waals surface area contributed by atoms with Crippen molar-refractivity contribution >= 4 is 23.5 Å². The van der Waals surface area contributed by atoms with Gasteiger partial charge in [-0.25, -0.2) is 0 Å². The molecular weight excluding hydrogens is 430 g/mol. The molecule has 9 heteroatoms. The van der Waals surface area contributed by atoms with Gasteiger partial charge >= 0.3 is 0 Å². The summed E-state index contributed by atoms with van der Waals surface area (Å²) in [7, 11) is 0. The van der Waals surface area contributed by atoms with Gasteiger partial charge in [0.1, 0.15) is 5.75 Å². The van der Waals surface area contributed by atoms with Crippen molar-refractivity contribution in [3.05, 3.63) is 65.5 Å². The van der Waals surface area contributed by atoms with Crippen molar-refractivity contribution in [1.29, 1.82) is 0 Å². The molecule has 0 bridgehead atoms. The number of nitrogens with zero attached hydrogens (tertiary/aromatic N) is 5. The van der Waals surface area contributed by atoms with E-state index in [0.29, 0.717) is 11.1 Å². The lowest BCUT2D eigenvalue weighted by molar-refractivity contribution is 0.250. The molecule has 1 atom stereocenters. The molecule has 2 aromatic carbocycles. The Hall–Kier alpha value is -2.78. The van der Waals surface area contributed by atoms with Gasteiger partial charge in [0.05, 0.1) is 6.04 Å². The van der Waals surface area contributed by atoms with Crippen LogP contribution in [-0.2, 0) is 6.61 Å². The molecule has 0 N–H and O–H groups in total. The Morgan fingerprint density at radius 1 is 1.10 bits per heavy atom. The molecule has 0 fully saturated rings. The Bertz CT molecular complexity index is 1190. The van der Waals surface area contributed by atoms with Gasteiger partial charge in [0.2, 0.25) is 0 Å². The van der Waals surface area contributed by atoms with Crippen LogP contribution >= 0.6 is 23.5 Å². The third-order valence-corrected chi connectivity index (χ3v) is 7.06. The van der Waals surface area contributed by atoms with Crippen LogP contribution in [0, 0.1) is 13.8 Å². The Morgan fingerprint density at radius 3 is 2.84 bits per heavy atom. The van der Waals surface area contributed by atoms with Crippen molar-refractivity contribution in [2.45, 2.75) is 36.9 Å². The summed E-state index contributed by atoms with van der Waals surface area (Å²) in [4.78, 5) is 0. The van der Waals surface area contributed by atoms with Gasteiger partial charge in [-0.15, -0.1) is 20.4 Å². The number of ether oxygens (including phenoxy) is 1. The highest BCUT2D eigenvalue weighted by Crippen LogP contribution is 2.38. The number of hydrogen-bond acceptors (Lipinski definition) is 8. The van der Waals surface area contributed by atoms with Crippen molar-refractivity contribution in [1.82, 2.24) is 25.0 Å². The van der Waals surface area contributed by atoms with Gasteiger partial charge in [0, 0.05) is 17.1 Å². The summed E-state index contributed by atoms with van der Waals surface area (Å²) in [5.41, 5.74) is 3.31. The van der Waals surface area contributed by atoms with Gasteiger partial charge in [-0.2, -0.15) is 0 Å². The number of hydrogen-bond donors (Lipinski definition) is 0. The van der Waals surface area contributed by atoms with Crippen molar-refractivity contribution < 1.29 is 9.15 Å². The normalized spacial score (nSPS) is 15.2. The van der Waals surface area contributed by atoms with E-state index in [1.165, 1.54) is 0 Å². The van der Waals surface area contributed by atoms with Crippen LogP contribution in [0.5, 0.6) is 5.75 Å². The molecular formula is C22H21N5O2S2. The third kappa shape index (κ3) is 4.33. The van der Waals surface area contributed by atoms with E-state index in [2.05, 4.69) is 43.2 Å². The first-order valence-corrected chi connectivity index (χ1v) is 11.9. The van der Waals surface area contributed by atoms with Gasteiger partial charge in [-0.1, -0.05) is 66.0 Å². The summed E-state index contributed by atoms with van der Waals surface area (Å²) in [6.07, 6.45) is 0. The highest BCUT2D eigenvalue weighted by Gasteiger charge is 2.29. The van der Waals surface area contributed by atoms with Gasteiger partial charge in [0.15, 0.2) is 17.6 Å². The van der Waals surface area contributed by atoms with Crippen LogP contribution in [0.15, 0.2) is 63.3 Å². The minimum Gasteiger partial charge on any atom is -0.484 e. The molecule has 5 rings (SSSR count). The zero-order valence-electron chi connectivity index (χ0n) is 17.2. The second-order valence-electron chi connectivity index (χ2n) is 7.34. The van der Waals surface area contributed by atoms with E-state index in [4.69, 9.17) is 9.15 Å². The predicted molar refractivity (Wildman–Crippen MR) is 120 cm³/mol. The number of fused-ring (bicyclic) bond motifs is 1. The minimum atomic E-state index is 0.255. The Kier molecular flexibility index (Phi) is 5.69. The number of aromatic nitrogens is 5. The molecule has 0 radical (unpaired) electrons. The van der Waals surface area contributed by atoms with E-state index in [0.717, 1.165) is 44.9 Å². The van der Waals surface area contributed by atoms with E-state index < -0.39 is 0 Å². The smallest absolute Gasteiger partial charge is 0.276 e. The van der Waals surface area contributed by atoms with Crippen LogP contribution in [0.4, 0.5) is 0 Å². The highest BCUT2D eigenvalue weighted by atomic mass is 32.2. The van der Waals surface area contributed by atoms with E-state index in [9.17, 15) is 0 Å². The van der Waals surface area contributed by atoms with Crippen LogP contribution in [0.2, 0.25) is 0 Å². The highest BCUT2D eigenvalue weighted by molar-refractivity contribution is 8.00. The quantitative estimate of drug-likeness (QED) is 0.365. The number of aryl methyl sites for hydroxylation is 2. The second-order valence-corrected chi connectivity index (χ2v) is 9.30. The third-order valence-electron chi connectivity index (χ3n) is 5.01. The lowest BCUT2D eigenvalue weighted by Crippen LogP contribution is -2.11. The predicted octanol–water partition coefficient (Wildman–Crippen LogP) is 4.96. The van der Waals surface area contributed by atoms with Gasteiger partial charge < -0.3 is 9.15 Å². The summed E-state index contributed by atoms with van der Waals surface area (Å²) in [6, 6.07) is 16.5. The summed E-state index contributed by atoms with van der Waals surface area (Å²) in [5, 5.41) is 18.6. The van der Waals surface area contributed by atoms with E-state index in [1.807, 2.05) is 44.2 Å². The average molecular weight is 452 g/mol. The van der Waals surface area contributed by atoms with E-state index in [1.54, 1.807) is 23.5 Å². The van der Waals surface area contributed by atoms with Crippen molar-refractivity contribution in [3.63, 3.8) is 0 Å². The van der Waals surface area contributed by atoms with Gasteiger partial charge in [-0.05, 0) is 31.0 Å². The molecule has 158 valence electrons. The van der Waals surface area contributed by atoms with Crippen molar-refractivity contribution in [2.24, 2.45) is 0 Å². The molecule has 0 amide bonds. The summed E-state index contributed by atoms with van der Waals surface area (Å²) < 4.78 is 13.9. The Morgan fingerprint density at radius 2 is 1.97 bits per heavy atom. The number of benzene rings is 2. The molecule has 2 aromatic heterocycles. The molecule has 7 nitrogen and oxygen atoms in total. The fourth-order valence-electron chi connectivity index (χ4n) is 3.38. The molecule has 1 aliphatic heterocycles. The molecule has 0 saturated heterocycles. The molecule has 31 heavy (non-hydrogen) atoms. The first-order chi connectivity index (χ1) is 15.2. The van der Waals surface area contributed by atoms with Crippen LogP contribution in [0.1, 0.15) is 23.1 Å². The largest absolute Gasteiger partial charge is 0.484 e. The van der Waals surface area contributed by atoms with E-state index >= 15 is 0 Å². The summed E-state index contributed by atoms with van der Waals surface area (Å²) in [5.74, 6) is 3.97. The SMILES string of the molecule is Cc1ccc(C)c(OCc2nnc(SCC3CSc4nnc(-c5ccccc5)n43)o2)c1. The first-order valence-electron chi connectivity index (χ1n) is 9.96. The lowest BCUT2D eigenvalue weighted by Gasteiger charge is -2.13. The summed E-state index contributed by atoms with van der Waals surface area (Å²) >= 11 is 3.28. The topological polar surface area (TPSA) is 78.9 Å². The summed E-state index contributed by atoms with van der Waals surface area (Å²) in [6.45, 7) is 4.32. The molecule has 0 saturated carbocycles. The first kappa shape index (κ1) is 20.1. The molecule has 3 heterocycles. The average Bonchev–Trinajstić information content (AvgIpc) is 3.50. The van der Waals surface area contributed by atoms with Crippen molar-refractivity contribution in [3.8, 4) is 17.1 Å². The zero-order chi connectivity index (χ0) is 21.2. The molecule has 1 unspecified atom stereocenters. The van der Waals surface area contributed by atoms with E-state index in [-0.39, 0.29) is 12.6 Å². The second kappa shape index (κ2) is 8.76. The van der Waals surface area contributed by atoms with Gasteiger partial charge in [-0.3, -0.25) is 4.57 Å². The van der Waals surface area contributed by atoms with Crippen molar-refractivity contribution in [2.75, 3.05) is 11.5 Å². The minimum absolute atomic E-state index is 0.255. The molecule has 1 aliphatic rings. The maximum atomic E-state index is 5.87. The maximum absolute atomic E-state index is 5.87. The Balaban J connectivity index is 1.22. The monoisotopic (exact) mass is 451 g/mol.